The number of rotatable bonds is 9. The van der Waals surface area contributed by atoms with Gasteiger partial charge in [-0.25, -0.2) is 8.78 Å². The van der Waals surface area contributed by atoms with Gasteiger partial charge in [-0.2, -0.15) is 0 Å². The maximum absolute atomic E-state index is 14.5. The predicted octanol–water partition coefficient (Wildman–Crippen LogP) is 8.96. The largest absolute Gasteiger partial charge is 0.313 e. The molecular weight excluding hydrogens is 494 g/mol. The summed E-state index contributed by atoms with van der Waals surface area (Å²) in [6, 6.07) is 20.9. The first kappa shape index (κ1) is 27.0. The number of hydrogen-bond donors (Lipinski definition) is 0. The summed E-state index contributed by atoms with van der Waals surface area (Å²) < 4.78 is 29.9. The molecule has 5 rings (SSSR count). The average molecular weight is 533 g/mol. The molecule has 0 unspecified atom stereocenters. The molecule has 1 aliphatic heterocycles. The Kier molecular flexibility index (Phi) is 8.54. The monoisotopic (exact) mass is 532 g/mol. The van der Waals surface area contributed by atoms with Crippen molar-refractivity contribution >= 4 is 22.7 Å². The zero-order chi connectivity index (χ0) is 26.6. The van der Waals surface area contributed by atoms with Gasteiger partial charge in [0.2, 0.25) is 0 Å². The maximum atomic E-state index is 14.5. The van der Waals surface area contributed by atoms with Crippen LogP contribution in [0.5, 0.6) is 0 Å². The first-order valence-corrected chi connectivity index (χ1v) is 15.0. The first-order chi connectivity index (χ1) is 18.4. The third kappa shape index (κ3) is 5.84. The van der Waals surface area contributed by atoms with Crippen LogP contribution in [0.1, 0.15) is 68.7 Å². The number of fused-ring (bicyclic) bond motifs is 1. The molecule has 200 valence electrons. The van der Waals surface area contributed by atoms with Crippen LogP contribution in [-0.4, -0.2) is 34.9 Å². The molecule has 2 heterocycles. The highest BCUT2D eigenvalue weighted by molar-refractivity contribution is 7.99. The Bertz CT molecular complexity index is 1350. The molecule has 1 fully saturated rings. The van der Waals surface area contributed by atoms with Gasteiger partial charge in [-0.05, 0) is 129 Å². The van der Waals surface area contributed by atoms with Gasteiger partial charge in [-0.1, -0.05) is 32.9 Å². The number of piperidine rings is 1. The Morgan fingerprint density at radius 1 is 0.895 bits per heavy atom. The topological polar surface area (TPSA) is 8.17 Å². The van der Waals surface area contributed by atoms with Crippen LogP contribution in [-0.2, 0) is 6.42 Å². The Hall–Kier alpha value is -2.63. The van der Waals surface area contributed by atoms with Crippen LogP contribution in [0.3, 0.4) is 0 Å². The molecule has 0 atom stereocenters. The van der Waals surface area contributed by atoms with Crippen molar-refractivity contribution in [2.75, 3.05) is 25.4 Å². The molecule has 5 heteroatoms. The fraction of sp³-hybridized carbons (Fsp3) is 0.394. The highest BCUT2D eigenvalue weighted by atomic mass is 32.2. The van der Waals surface area contributed by atoms with Crippen LogP contribution in [0, 0.1) is 11.6 Å². The molecule has 2 nitrogen and oxygen atoms in total. The number of hydrogen-bond acceptors (Lipinski definition) is 2. The third-order valence-corrected chi connectivity index (χ3v) is 9.02. The van der Waals surface area contributed by atoms with Crippen molar-refractivity contribution in [1.29, 1.82) is 0 Å². The summed E-state index contributed by atoms with van der Waals surface area (Å²) in [7, 11) is 0. The summed E-state index contributed by atoms with van der Waals surface area (Å²) in [4.78, 5) is 3.71. The summed E-state index contributed by atoms with van der Waals surface area (Å²) in [6.45, 7) is 9.92. The lowest BCUT2D eigenvalue weighted by atomic mass is 9.87. The van der Waals surface area contributed by atoms with Crippen molar-refractivity contribution in [2.45, 2.75) is 63.2 Å². The zero-order valence-electron chi connectivity index (χ0n) is 22.7. The van der Waals surface area contributed by atoms with E-state index in [1.165, 1.54) is 34.3 Å². The van der Waals surface area contributed by atoms with Crippen LogP contribution in [0.4, 0.5) is 8.78 Å². The predicted molar refractivity (Wildman–Crippen MR) is 157 cm³/mol. The lowest BCUT2D eigenvalue weighted by Crippen LogP contribution is -2.34. The van der Waals surface area contributed by atoms with Crippen molar-refractivity contribution in [3.8, 4) is 5.69 Å². The number of likely N-dealkylation sites (tertiary alicyclic amines) is 1. The van der Waals surface area contributed by atoms with Gasteiger partial charge in [-0.3, -0.25) is 0 Å². The fourth-order valence-corrected chi connectivity index (χ4v) is 6.74. The minimum absolute atomic E-state index is 0.180. The highest BCUT2D eigenvalue weighted by Gasteiger charge is 2.27. The van der Waals surface area contributed by atoms with Gasteiger partial charge in [0.25, 0.3) is 0 Å². The van der Waals surface area contributed by atoms with Gasteiger partial charge in [0.1, 0.15) is 11.6 Å². The minimum Gasteiger partial charge on any atom is -0.313 e. The quantitative estimate of drug-likeness (QED) is 0.157. The van der Waals surface area contributed by atoms with E-state index >= 15 is 0 Å². The summed E-state index contributed by atoms with van der Waals surface area (Å²) >= 11 is 1.80. The first-order valence-electron chi connectivity index (χ1n) is 14.0. The molecule has 38 heavy (non-hydrogen) atoms. The highest BCUT2D eigenvalue weighted by Crippen LogP contribution is 2.40. The molecule has 1 aliphatic rings. The van der Waals surface area contributed by atoms with Crippen LogP contribution in [0.15, 0.2) is 71.6 Å². The van der Waals surface area contributed by atoms with E-state index in [2.05, 4.69) is 54.5 Å². The Balaban J connectivity index is 1.30. The number of aromatic nitrogens is 1. The van der Waals surface area contributed by atoms with Gasteiger partial charge in [0.05, 0.1) is 5.52 Å². The van der Waals surface area contributed by atoms with Crippen molar-refractivity contribution in [3.63, 3.8) is 0 Å². The second kappa shape index (κ2) is 12.0. The van der Waals surface area contributed by atoms with Gasteiger partial charge < -0.3 is 9.47 Å². The molecule has 1 saturated heterocycles. The zero-order valence-corrected chi connectivity index (χ0v) is 23.5. The number of halogens is 2. The molecule has 1 aromatic heterocycles. The van der Waals surface area contributed by atoms with E-state index in [1.54, 1.807) is 23.9 Å². The van der Waals surface area contributed by atoms with E-state index in [0.29, 0.717) is 11.8 Å². The molecule has 0 bridgehead atoms. The molecule has 4 aromatic rings. The Morgan fingerprint density at radius 2 is 1.58 bits per heavy atom. The summed E-state index contributed by atoms with van der Waals surface area (Å²) in [5.41, 5.74) is 6.15. The second-order valence-electron chi connectivity index (χ2n) is 10.7. The number of benzene rings is 3. The third-order valence-electron chi connectivity index (χ3n) is 7.92. The van der Waals surface area contributed by atoms with E-state index < -0.39 is 0 Å². The average Bonchev–Trinajstić information content (AvgIpc) is 3.25. The summed E-state index contributed by atoms with van der Waals surface area (Å²) in [6.07, 6.45) is 4.29. The van der Waals surface area contributed by atoms with E-state index in [0.717, 1.165) is 67.2 Å². The molecule has 0 radical (unpaired) electrons. The molecule has 0 N–H and O–H groups in total. The van der Waals surface area contributed by atoms with Crippen LogP contribution in [0.25, 0.3) is 16.6 Å². The second-order valence-corrected chi connectivity index (χ2v) is 11.9. The standard InChI is InChI=1S/C33H38F2N2S/c1-4-31-33(25-16-19-36(20-17-25)18-5-21-38-29-13-8-26(34)9-14-29)30-15-10-27(35)22-32(30)37(31)28-11-6-24(7-12-28)23(2)3/h6-15,22-23,25H,4-5,16-21H2,1-3H3. The lowest BCUT2D eigenvalue weighted by Gasteiger charge is -2.32. The van der Waals surface area contributed by atoms with E-state index in [-0.39, 0.29) is 11.6 Å². The van der Waals surface area contributed by atoms with Crippen molar-refractivity contribution in [3.05, 3.63) is 95.2 Å². The summed E-state index contributed by atoms with van der Waals surface area (Å²) in [5.74, 6) is 1.65. The molecule has 0 spiro atoms. The SMILES string of the molecule is CCc1c(C2CCN(CCCSc3ccc(F)cc3)CC2)c2ccc(F)cc2n1-c1ccc(C(C)C)cc1. The van der Waals surface area contributed by atoms with Gasteiger partial charge in [0, 0.05) is 21.7 Å². The molecule has 0 amide bonds. The van der Waals surface area contributed by atoms with Crippen LogP contribution in [0.2, 0.25) is 0 Å². The number of thioether (sulfide) groups is 1. The maximum Gasteiger partial charge on any atom is 0.125 e. The van der Waals surface area contributed by atoms with Gasteiger partial charge >= 0.3 is 0 Å². The van der Waals surface area contributed by atoms with Crippen molar-refractivity contribution in [2.24, 2.45) is 0 Å². The molecule has 0 saturated carbocycles. The normalized spacial score (nSPS) is 15.1. The van der Waals surface area contributed by atoms with Crippen LogP contribution < -0.4 is 0 Å². The Labute approximate surface area is 230 Å². The molecule has 3 aromatic carbocycles. The minimum atomic E-state index is -0.183. The smallest absolute Gasteiger partial charge is 0.125 e. The fourth-order valence-electron chi connectivity index (χ4n) is 5.90. The van der Waals surface area contributed by atoms with E-state index in [9.17, 15) is 8.78 Å². The summed E-state index contributed by atoms with van der Waals surface area (Å²) in [5, 5.41) is 1.20. The number of nitrogens with zero attached hydrogens (tertiary/aromatic N) is 2. The molecular formula is C33H38F2N2S. The van der Waals surface area contributed by atoms with Gasteiger partial charge in [-0.15, -0.1) is 11.8 Å². The molecule has 0 aliphatic carbocycles. The van der Waals surface area contributed by atoms with Crippen molar-refractivity contribution in [1.82, 2.24) is 9.47 Å². The van der Waals surface area contributed by atoms with Crippen LogP contribution >= 0.6 is 11.8 Å². The Morgan fingerprint density at radius 3 is 2.24 bits per heavy atom. The van der Waals surface area contributed by atoms with Crippen molar-refractivity contribution < 1.29 is 8.78 Å². The van der Waals surface area contributed by atoms with E-state index in [4.69, 9.17) is 0 Å². The lowest BCUT2D eigenvalue weighted by molar-refractivity contribution is 0.213. The van der Waals surface area contributed by atoms with Gasteiger partial charge in [0.15, 0.2) is 0 Å². The van der Waals surface area contributed by atoms with E-state index in [1.807, 2.05) is 18.2 Å².